The normalized spacial score (nSPS) is 10.7. The van der Waals surface area contributed by atoms with Gasteiger partial charge in [0.15, 0.2) is 0 Å². The summed E-state index contributed by atoms with van der Waals surface area (Å²) < 4.78 is 12.7. The minimum atomic E-state index is -0.532. The molecule has 2 aromatic rings. The second-order valence-electron chi connectivity index (χ2n) is 3.12. The van der Waals surface area contributed by atoms with Crippen molar-refractivity contribution < 1.29 is 4.39 Å². The Bertz CT molecular complexity index is 466. The molecule has 0 N–H and O–H groups in total. The van der Waals surface area contributed by atoms with Crippen LogP contribution in [0.15, 0.2) is 18.3 Å². The van der Waals surface area contributed by atoms with Gasteiger partial charge < -0.3 is 0 Å². The molecule has 1 heterocycles. The third-order valence-electron chi connectivity index (χ3n) is 2.13. The third-order valence-corrected chi connectivity index (χ3v) is 2.13. The Morgan fingerprint density at radius 2 is 1.69 bits per heavy atom. The summed E-state index contributed by atoms with van der Waals surface area (Å²) in [7, 11) is 0. The van der Waals surface area contributed by atoms with Crippen LogP contribution in [0.1, 0.15) is 11.1 Å². The van der Waals surface area contributed by atoms with Gasteiger partial charge >= 0.3 is 0 Å². The van der Waals surface area contributed by atoms with Crippen LogP contribution in [0.3, 0.4) is 0 Å². The molecule has 2 rings (SSSR count). The standard InChI is InChI=1S/C10H9FN2/c1-6-3-8-9(4-7(6)2)13-10(11)5-12-8/h3-5H,1-2H3. The van der Waals surface area contributed by atoms with E-state index in [1.165, 1.54) is 0 Å². The van der Waals surface area contributed by atoms with Gasteiger partial charge in [-0.1, -0.05) is 0 Å². The van der Waals surface area contributed by atoms with Gasteiger partial charge in [0.2, 0.25) is 5.95 Å². The first kappa shape index (κ1) is 8.10. The van der Waals surface area contributed by atoms with Crippen molar-refractivity contribution in [1.29, 1.82) is 0 Å². The summed E-state index contributed by atoms with van der Waals surface area (Å²) >= 11 is 0. The molecule has 0 aliphatic carbocycles. The predicted molar refractivity (Wildman–Crippen MR) is 49.0 cm³/mol. The van der Waals surface area contributed by atoms with Crippen LogP contribution in [-0.2, 0) is 0 Å². The first-order valence-electron chi connectivity index (χ1n) is 4.06. The van der Waals surface area contributed by atoms with Gasteiger partial charge in [0.1, 0.15) is 0 Å². The summed E-state index contributed by atoms with van der Waals surface area (Å²) in [6.07, 6.45) is 1.14. The molecule has 0 spiro atoms. The number of benzene rings is 1. The van der Waals surface area contributed by atoms with Crippen molar-refractivity contribution in [2.45, 2.75) is 13.8 Å². The minimum Gasteiger partial charge on any atom is -0.250 e. The summed E-state index contributed by atoms with van der Waals surface area (Å²) in [6, 6.07) is 3.76. The Balaban J connectivity index is 2.81. The van der Waals surface area contributed by atoms with Crippen LogP contribution in [0.5, 0.6) is 0 Å². The fraction of sp³-hybridized carbons (Fsp3) is 0.200. The molecular weight excluding hydrogens is 167 g/mol. The maximum Gasteiger partial charge on any atom is 0.231 e. The highest BCUT2D eigenvalue weighted by molar-refractivity contribution is 5.75. The highest BCUT2D eigenvalue weighted by Gasteiger charge is 2.01. The molecule has 1 aromatic carbocycles. The number of hydrogen-bond donors (Lipinski definition) is 0. The van der Waals surface area contributed by atoms with Crippen LogP contribution in [0.2, 0.25) is 0 Å². The quantitative estimate of drug-likeness (QED) is 0.616. The van der Waals surface area contributed by atoms with Gasteiger partial charge in [0.05, 0.1) is 17.2 Å². The Labute approximate surface area is 75.4 Å². The van der Waals surface area contributed by atoms with Crippen molar-refractivity contribution in [3.05, 3.63) is 35.4 Å². The average Bonchev–Trinajstić information content (AvgIpc) is 2.08. The van der Waals surface area contributed by atoms with Crippen LogP contribution >= 0.6 is 0 Å². The maximum absolute atomic E-state index is 12.7. The van der Waals surface area contributed by atoms with Crippen molar-refractivity contribution in [3.63, 3.8) is 0 Å². The zero-order valence-corrected chi connectivity index (χ0v) is 7.50. The zero-order valence-electron chi connectivity index (χ0n) is 7.50. The molecule has 3 heteroatoms. The number of aromatic nitrogens is 2. The Hall–Kier alpha value is -1.51. The van der Waals surface area contributed by atoms with E-state index in [1.807, 2.05) is 26.0 Å². The number of fused-ring (bicyclic) bond motifs is 1. The van der Waals surface area contributed by atoms with Crippen LogP contribution in [-0.4, -0.2) is 9.97 Å². The molecular formula is C10H9FN2. The fourth-order valence-electron chi connectivity index (χ4n) is 1.25. The van der Waals surface area contributed by atoms with Crippen LogP contribution < -0.4 is 0 Å². The molecule has 0 radical (unpaired) electrons. The molecule has 0 fully saturated rings. The molecule has 0 aliphatic rings. The van der Waals surface area contributed by atoms with E-state index in [0.29, 0.717) is 5.52 Å². The Kier molecular flexibility index (Phi) is 1.72. The smallest absolute Gasteiger partial charge is 0.231 e. The number of rotatable bonds is 0. The number of halogens is 1. The average molecular weight is 176 g/mol. The molecule has 0 atom stereocenters. The SMILES string of the molecule is Cc1cc2ncc(F)nc2cc1C. The monoisotopic (exact) mass is 176 g/mol. The minimum absolute atomic E-state index is 0.532. The molecule has 0 saturated heterocycles. The predicted octanol–water partition coefficient (Wildman–Crippen LogP) is 2.39. The van der Waals surface area contributed by atoms with E-state index in [1.54, 1.807) is 0 Å². The van der Waals surface area contributed by atoms with Gasteiger partial charge in [-0.2, -0.15) is 4.39 Å². The highest BCUT2D eigenvalue weighted by atomic mass is 19.1. The zero-order chi connectivity index (χ0) is 9.42. The molecule has 0 unspecified atom stereocenters. The molecule has 0 saturated carbocycles. The number of hydrogen-bond acceptors (Lipinski definition) is 2. The lowest BCUT2D eigenvalue weighted by molar-refractivity contribution is 0.583. The lowest BCUT2D eigenvalue weighted by atomic mass is 10.1. The van der Waals surface area contributed by atoms with Crippen molar-refractivity contribution in [2.24, 2.45) is 0 Å². The molecule has 0 aliphatic heterocycles. The van der Waals surface area contributed by atoms with Crippen LogP contribution in [0.25, 0.3) is 11.0 Å². The summed E-state index contributed by atoms with van der Waals surface area (Å²) in [5.41, 5.74) is 3.61. The molecule has 13 heavy (non-hydrogen) atoms. The van der Waals surface area contributed by atoms with Crippen molar-refractivity contribution in [1.82, 2.24) is 9.97 Å². The van der Waals surface area contributed by atoms with E-state index in [0.717, 1.165) is 22.8 Å². The number of nitrogens with zero attached hydrogens (tertiary/aromatic N) is 2. The van der Waals surface area contributed by atoms with E-state index < -0.39 is 5.95 Å². The molecule has 1 aromatic heterocycles. The van der Waals surface area contributed by atoms with Gasteiger partial charge in [-0.3, -0.25) is 0 Å². The summed E-state index contributed by atoms with van der Waals surface area (Å²) in [4.78, 5) is 7.69. The fourth-order valence-corrected chi connectivity index (χ4v) is 1.25. The molecule has 0 amide bonds. The van der Waals surface area contributed by atoms with Crippen LogP contribution in [0.4, 0.5) is 4.39 Å². The van der Waals surface area contributed by atoms with Crippen molar-refractivity contribution in [3.8, 4) is 0 Å². The van der Waals surface area contributed by atoms with Gasteiger partial charge in [-0.05, 0) is 37.1 Å². The van der Waals surface area contributed by atoms with E-state index in [-0.39, 0.29) is 0 Å². The lowest BCUT2D eigenvalue weighted by Crippen LogP contribution is -1.90. The van der Waals surface area contributed by atoms with Gasteiger partial charge in [0, 0.05) is 0 Å². The Morgan fingerprint density at radius 1 is 1.08 bits per heavy atom. The third kappa shape index (κ3) is 1.37. The maximum atomic E-state index is 12.7. The summed E-state index contributed by atoms with van der Waals surface area (Å²) in [5.74, 6) is -0.532. The van der Waals surface area contributed by atoms with Crippen LogP contribution in [0, 0.1) is 19.8 Å². The van der Waals surface area contributed by atoms with E-state index in [4.69, 9.17) is 0 Å². The first-order chi connectivity index (χ1) is 6.16. The van der Waals surface area contributed by atoms with Crippen molar-refractivity contribution in [2.75, 3.05) is 0 Å². The molecule has 0 bridgehead atoms. The van der Waals surface area contributed by atoms with Gasteiger partial charge in [-0.15, -0.1) is 0 Å². The topological polar surface area (TPSA) is 25.8 Å². The van der Waals surface area contributed by atoms with E-state index in [2.05, 4.69) is 9.97 Å². The summed E-state index contributed by atoms with van der Waals surface area (Å²) in [6.45, 7) is 3.97. The summed E-state index contributed by atoms with van der Waals surface area (Å²) in [5, 5.41) is 0. The Morgan fingerprint density at radius 3 is 2.38 bits per heavy atom. The molecule has 2 nitrogen and oxygen atoms in total. The molecule has 66 valence electrons. The highest BCUT2D eigenvalue weighted by Crippen LogP contribution is 2.15. The van der Waals surface area contributed by atoms with Gasteiger partial charge in [0.25, 0.3) is 0 Å². The second-order valence-corrected chi connectivity index (χ2v) is 3.12. The lowest BCUT2D eigenvalue weighted by Gasteiger charge is -2.01. The van der Waals surface area contributed by atoms with E-state index >= 15 is 0 Å². The van der Waals surface area contributed by atoms with Gasteiger partial charge in [-0.25, -0.2) is 9.97 Å². The second kappa shape index (κ2) is 2.76. The first-order valence-corrected chi connectivity index (χ1v) is 4.06. The van der Waals surface area contributed by atoms with Crippen molar-refractivity contribution >= 4 is 11.0 Å². The number of aryl methyl sites for hydroxylation is 2. The largest absolute Gasteiger partial charge is 0.250 e. The van der Waals surface area contributed by atoms with E-state index in [9.17, 15) is 4.39 Å².